The molecule has 0 atom stereocenters. The molecule has 8 heteroatoms. The van der Waals surface area contributed by atoms with Crippen LogP contribution in [0, 0.1) is 11.6 Å². The van der Waals surface area contributed by atoms with E-state index in [1.54, 1.807) is 24.3 Å². The van der Waals surface area contributed by atoms with Crippen molar-refractivity contribution < 1.29 is 13.5 Å². The van der Waals surface area contributed by atoms with Crippen molar-refractivity contribution in [3.05, 3.63) is 78.4 Å². The predicted octanol–water partition coefficient (Wildman–Crippen LogP) is 9.16. The Morgan fingerprint density at radius 3 is 1.86 bits per heavy atom. The van der Waals surface area contributed by atoms with Gasteiger partial charge in [0.05, 0.1) is 27.7 Å². The molecule has 0 bridgehead atoms. The van der Waals surface area contributed by atoms with Crippen molar-refractivity contribution in [1.82, 2.24) is 0 Å². The Balaban J connectivity index is 1.42. The fourth-order valence-corrected chi connectivity index (χ4v) is 7.27. The monoisotopic (exact) mass is 538 g/mol. The van der Waals surface area contributed by atoms with Gasteiger partial charge in [-0.05, 0) is 48.9 Å². The second kappa shape index (κ2) is 10.4. The first-order valence-electron chi connectivity index (χ1n) is 11.5. The van der Waals surface area contributed by atoms with E-state index < -0.39 is 0 Å². The predicted molar refractivity (Wildman–Crippen MR) is 151 cm³/mol. The van der Waals surface area contributed by atoms with Crippen molar-refractivity contribution in [2.75, 3.05) is 18.1 Å². The molecular formula is C28H24F2N2OS3. The van der Waals surface area contributed by atoms with Gasteiger partial charge in [-0.3, -0.25) is 0 Å². The van der Waals surface area contributed by atoms with Crippen LogP contribution in [-0.2, 0) is 0 Å². The van der Waals surface area contributed by atoms with Gasteiger partial charge in [-0.25, -0.2) is 8.78 Å². The summed E-state index contributed by atoms with van der Waals surface area (Å²) in [5.74, 6) is -0.0488. The van der Waals surface area contributed by atoms with Crippen LogP contribution in [0.15, 0.2) is 66.7 Å². The third-order valence-electron chi connectivity index (χ3n) is 5.76. The molecule has 0 spiro atoms. The van der Waals surface area contributed by atoms with Crippen LogP contribution in [0.1, 0.15) is 19.8 Å². The SMILES string of the molecule is CCCCOc1ccc(-c2ccc(-c3sc(-c4ccc(-c5ccccc5F)s4)c(N)c3N)s2)c(F)c1. The molecule has 3 heterocycles. The zero-order valence-corrected chi connectivity index (χ0v) is 22.0. The molecule has 4 N–H and O–H groups in total. The number of anilines is 2. The molecule has 0 aliphatic rings. The molecule has 5 aromatic rings. The van der Waals surface area contributed by atoms with Crippen molar-refractivity contribution in [2.24, 2.45) is 0 Å². The minimum Gasteiger partial charge on any atom is -0.493 e. The lowest BCUT2D eigenvalue weighted by Gasteiger charge is -2.07. The number of rotatable bonds is 8. The fourth-order valence-electron chi connectivity index (χ4n) is 3.81. The molecule has 2 aromatic carbocycles. The lowest BCUT2D eigenvalue weighted by atomic mass is 10.1. The van der Waals surface area contributed by atoms with Gasteiger partial charge in [0.2, 0.25) is 0 Å². The van der Waals surface area contributed by atoms with Gasteiger partial charge < -0.3 is 16.2 Å². The summed E-state index contributed by atoms with van der Waals surface area (Å²) in [6, 6.07) is 19.4. The van der Waals surface area contributed by atoms with Gasteiger partial charge in [0, 0.05) is 36.7 Å². The van der Waals surface area contributed by atoms with E-state index in [-0.39, 0.29) is 11.6 Å². The van der Waals surface area contributed by atoms with Gasteiger partial charge in [-0.2, -0.15) is 0 Å². The molecule has 36 heavy (non-hydrogen) atoms. The van der Waals surface area contributed by atoms with Crippen LogP contribution >= 0.6 is 34.0 Å². The smallest absolute Gasteiger partial charge is 0.135 e. The molecule has 3 nitrogen and oxygen atoms in total. The zero-order chi connectivity index (χ0) is 25.2. The maximum atomic E-state index is 14.9. The molecule has 0 unspecified atom stereocenters. The van der Waals surface area contributed by atoms with E-state index in [9.17, 15) is 8.78 Å². The number of hydrogen-bond acceptors (Lipinski definition) is 6. The first-order chi connectivity index (χ1) is 17.5. The van der Waals surface area contributed by atoms with E-state index in [2.05, 4.69) is 6.92 Å². The molecule has 3 aromatic heterocycles. The zero-order valence-electron chi connectivity index (χ0n) is 19.5. The van der Waals surface area contributed by atoms with Crippen molar-refractivity contribution in [3.8, 4) is 46.1 Å². The second-order valence-electron chi connectivity index (χ2n) is 8.24. The third kappa shape index (κ3) is 4.76. The number of halogens is 2. The van der Waals surface area contributed by atoms with Gasteiger partial charge in [-0.15, -0.1) is 34.0 Å². The molecule has 0 aliphatic heterocycles. The summed E-state index contributed by atoms with van der Waals surface area (Å²) in [6.07, 6.45) is 1.96. The first-order valence-corrected chi connectivity index (χ1v) is 14.0. The molecule has 0 radical (unpaired) electrons. The third-order valence-corrected chi connectivity index (χ3v) is 9.57. The number of unbranched alkanes of at least 4 members (excludes halogenated alkanes) is 1. The highest BCUT2D eigenvalue weighted by atomic mass is 32.1. The Bertz CT molecular complexity index is 1520. The molecular weight excluding hydrogens is 515 g/mol. The standard InChI is InChI=1S/C28H24F2N2OS3/c1-2-3-14-33-16-8-9-18(20(30)15-16)22-11-13-24(35-22)28-26(32)25(31)27(36-28)23-12-10-21(34-23)17-6-4-5-7-19(17)29/h4-13,15H,2-3,14,31-32H2,1H3. The highest BCUT2D eigenvalue weighted by Crippen LogP contribution is 2.51. The van der Waals surface area contributed by atoms with Crippen molar-refractivity contribution >= 4 is 45.4 Å². The van der Waals surface area contributed by atoms with Crippen LogP contribution in [0.2, 0.25) is 0 Å². The van der Waals surface area contributed by atoms with Gasteiger partial charge in [-0.1, -0.05) is 31.5 Å². The average Bonchev–Trinajstić information content (AvgIpc) is 3.60. The molecule has 184 valence electrons. The molecule has 0 fully saturated rings. The van der Waals surface area contributed by atoms with E-state index in [1.165, 1.54) is 46.1 Å². The molecule has 0 saturated carbocycles. The van der Waals surface area contributed by atoms with Gasteiger partial charge >= 0.3 is 0 Å². The normalized spacial score (nSPS) is 11.2. The highest BCUT2D eigenvalue weighted by molar-refractivity contribution is 7.28. The fraction of sp³-hybridized carbons (Fsp3) is 0.143. The quantitative estimate of drug-likeness (QED) is 0.194. The maximum absolute atomic E-state index is 14.9. The van der Waals surface area contributed by atoms with Gasteiger partial charge in [0.25, 0.3) is 0 Å². The molecule has 0 saturated heterocycles. The molecule has 5 rings (SSSR count). The van der Waals surface area contributed by atoms with Gasteiger partial charge in [0.1, 0.15) is 17.4 Å². The number of thiophene rings is 3. The average molecular weight is 539 g/mol. The van der Waals surface area contributed by atoms with E-state index in [4.69, 9.17) is 16.2 Å². The van der Waals surface area contributed by atoms with Crippen LogP contribution in [0.3, 0.4) is 0 Å². The van der Waals surface area contributed by atoms with Crippen LogP contribution in [-0.4, -0.2) is 6.61 Å². The summed E-state index contributed by atoms with van der Waals surface area (Å²) in [7, 11) is 0. The number of hydrogen-bond donors (Lipinski definition) is 2. The van der Waals surface area contributed by atoms with Crippen molar-refractivity contribution in [1.29, 1.82) is 0 Å². The van der Waals surface area contributed by atoms with Crippen LogP contribution in [0.5, 0.6) is 5.75 Å². The summed E-state index contributed by atoms with van der Waals surface area (Å²) in [6.45, 7) is 2.66. The summed E-state index contributed by atoms with van der Waals surface area (Å²) in [5, 5.41) is 0. The summed E-state index contributed by atoms with van der Waals surface area (Å²) >= 11 is 4.43. The molecule has 0 aliphatic carbocycles. The minimum absolute atomic E-state index is 0.260. The number of ether oxygens (including phenoxy) is 1. The number of benzene rings is 2. The largest absolute Gasteiger partial charge is 0.493 e. The van der Waals surface area contributed by atoms with E-state index in [0.717, 1.165) is 42.1 Å². The summed E-state index contributed by atoms with van der Waals surface area (Å²) in [5.41, 5.74) is 14.9. The minimum atomic E-state index is -0.323. The Hall–Kier alpha value is -3.20. The van der Waals surface area contributed by atoms with Crippen LogP contribution in [0.25, 0.3) is 40.4 Å². The lowest BCUT2D eigenvalue weighted by Crippen LogP contribution is -1.97. The number of nitrogens with two attached hydrogens (primary N) is 2. The van der Waals surface area contributed by atoms with Crippen molar-refractivity contribution in [2.45, 2.75) is 19.8 Å². The first kappa shape index (κ1) is 24.5. The van der Waals surface area contributed by atoms with Crippen LogP contribution in [0.4, 0.5) is 20.2 Å². The molecule has 0 amide bonds. The Labute approximate surface area is 220 Å². The van der Waals surface area contributed by atoms with E-state index in [0.29, 0.717) is 34.9 Å². The van der Waals surface area contributed by atoms with Crippen LogP contribution < -0.4 is 16.2 Å². The Kier molecular flexibility index (Phi) is 7.09. The lowest BCUT2D eigenvalue weighted by molar-refractivity contribution is 0.308. The van der Waals surface area contributed by atoms with Gasteiger partial charge in [0.15, 0.2) is 0 Å². The Morgan fingerprint density at radius 2 is 1.28 bits per heavy atom. The second-order valence-corrected chi connectivity index (χ2v) is 11.4. The Morgan fingerprint density at radius 1 is 0.694 bits per heavy atom. The summed E-state index contributed by atoms with van der Waals surface area (Å²) < 4.78 is 34.7. The van der Waals surface area contributed by atoms with Crippen molar-refractivity contribution in [3.63, 3.8) is 0 Å². The number of nitrogen functional groups attached to an aromatic ring is 2. The maximum Gasteiger partial charge on any atom is 0.135 e. The summed E-state index contributed by atoms with van der Waals surface area (Å²) in [4.78, 5) is 5.17. The van der Waals surface area contributed by atoms with E-state index >= 15 is 0 Å². The highest BCUT2D eigenvalue weighted by Gasteiger charge is 2.20. The van der Waals surface area contributed by atoms with E-state index in [1.807, 2.05) is 30.3 Å². The topological polar surface area (TPSA) is 61.3 Å².